The molecule has 0 saturated heterocycles. The van der Waals surface area contributed by atoms with Gasteiger partial charge in [-0.3, -0.25) is 4.68 Å². The molecule has 3 rings (SSSR count). The summed E-state index contributed by atoms with van der Waals surface area (Å²) in [7, 11) is 1.89. The molecule has 1 N–H and O–H groups in total. The molecule has 0 fully saturated rings. The molecule has 0 spiro atoms. The van der Waals surface area contributed by atoms with Gasteiger partial charge in [-0.05, 0) is 30.3 Å². The van der Waals surface area contributed by atoms with Gasteiger partial charge in [-0.1, -0.05) is 18.2 Å². The van der Waals surface area contributed by atoms with E-state index in [1.807, 2.05) is 25.4 Å². The van der Waals surface area contributed by atoms with Gasteiger partial charge in [0.2, 0.25) is 0 Å². The lowest BCUT2D eigenvalue weighted by Gasteiger charge is -2.20. The van der Waals surface area contributed by atoms with Crippen molar-refractivity contribution < 1.29 is 0 Å². The Morgan fingerprint density at radius 2 is 2.17 bits per heavy atom. The second-order valence-electron chi connectivity index (χ2n) is 4.34. The number of hydrogen-bond acceptors (Lipinski definition) is 2. The van der Waals surface area contributed by atoms with Crippen LogP contribution in [0.3, 0.4) is 0 Å². The van der Waals surface area contributed by atoms with Gasteiger partial charge >= 0.3 is 0 Å². The van der Waals surface area contributed by atoms with Gasteiger partial charge in [0.05, 0.1) is 0 Å². The molecule has 18 heavy (non-hydrogen) atoms. The predicted octanol–water partition coefficient (Wildman–Crippen LogP) is 2.18. The summed E-state index contributed by atoms with van der Waals surface area (Å²) in [6.07, 6.45) is 2.93. The lowest BCUT2D eigenvalue weighted by Crippen LogP contribution is -2.33. The topological polar surface area (TPSA) is 33.1 Å². The summed E-state index contributed by atoms with van der Waals surface area (Å²) < 4.78 is 1.75. The Kier molecular flexibility index (Phi) is 2.76. The summed E-state index contributed by atoms with van der Waals surface area (Å²) in [6.45, 7) is 0.929. The van der Waals surface area contributed by atoms with Gasteiger partial charge in [-0.15, -0.1) is 0 Å². The minimum atomic E-state index is 0.707. The maximum Gasteiger partial charge on any atom is 0.179 e. The Balaban J connectivity index is 1.78. The summed E-state index contributed by atoms with van der Waals surface area (Å²) in [5, 5.41) is 8.15. The molecule has 0 bridgehead atoms. The number of para-hydroxylation sites is 1. The highest BCUT2D eigenvalue weighted by Gasteiger charge is 2.21. The zero-order chi connectivity index (χ0) is 12.5. The molecule has 0 saturated carbocycles. The number of benzene rings is 1. The fraction of sp³-hybridized carbons (Fsp3) is 0.231. The van der Waals surface area contributed by atoms with Crippen LogP contribution in [0.1, 0.15) is 5.56 Å². The second kappa shape index (κ2) is 4.42. The highest BCUT2D eigenvalue weighted by atomic mass is 32.1. The first-order valence-corrected chi connectivity index (χ1v) is 6.31. The second-order valence-corrected chi connectivity index (χ2v) is 4.72. The molecular weight excluding hydrogens is 244 g/mol. The van der Waals surface area contributed by atoms with Crippen LogP contribution in [-0.2, 0) is 13.5 Å². The molecule has 1 aromatic heterocycles. The van der Waals surface area contributed by atoms with Crippen molar-refractivity contribution in [3.8, 4) is 0 Å². The standard InChI is InChI=1S/C13H14N4S/c1-16-8-7-12(15-16)14-13(18)17-9-6-10-4-2-3-5-11(10)17/h2-5,7-8H,6,9H2,1H3,(H,14,15,18). The van der Waals surface area contributed by atoms with Gasteiger partial charge in [0.15, 0.2) is 10.9 Å². The van der Waals surface area contributed by atoms with Gasteiger partial charge in [-0.2, -0.15) is 5.10 Å². The molecule has 0 amide bonds. The van der Waals surface area contributed by atoms with Gasteiger partial charge in [0.1, 0.15) is 0 Å². The molecule has 0 unspecified atom stereocenters. The van der Waals surface area contributed by atoms with Crippen LogP contribution >= 0.6 is 12.2 Å². The third-order valence-corrected chi connectivity index (χ3v) is 3.40. The van der Waals surface area contributed by atoms with Gasteiger partial charge in [0.25, 0.3) is 0 Å². The van der Waals surface area contributed by atoms with Crippen molar-refractivity contribution >= 4 is 28.8 Å². The predicted molar refractivity (Wildman–Crippen MR) is 76.9 cm³/mol. The molecule has 0 atom stereocenters. The van der Waals surface area contributed by atoms with Crippen LogP contribution in [0.2, 0.25) is 0 Å². The zero-order valence-corrected chi connectivity index (χ0v) is 10.9. The van der Waals surface area contributed by atoms with Crippen LogP contribution in [0.25, 0.3) is 0 Å². The Bertz CT molecular complexity index is 590. The van der Waals surface area contributed by atoms with E-state index >= 15 is 0 Å². The molecular formula is C13H14N4S. The molecule has 1 aromatic carbocycles. The summed E-state index contributed by atoms with van der Waals surface area (Å²) >= 11 is 5.45. The quantitative estimate of drug-likeness (QED) is 0.795. The van der Waals surface area contributed by atoms with E-state index < -0.39 is 0 Å². The summed E-state index contributed by atoms with van der Waals surface area (Å²) in [4.78, 5) is 2.12. The minimum Gasteiger partial charge on any atom is -0.318 e. The van der Waals surface area contributed by atoms with E-state index in [-0.39, 0.29) is 0 Å². The van der Waals surface area contributed by atoms with Crippen molar-refractivity contribution in [1.29, 1.82) is 0 Å². The highest BCUT2D eigenvalue weighted by Crippen LogP contribution is 2.27. The number of aromatic nitrogens is 2. The molecule has 2 aromatic rings. The fourth-order valence-corrected chi connectivity index (χ4v) is 2.50. The number of fused-ring (bicyclic) bond motifs is 1. The zero-order valence-electron chi connectivity index (χ0n) is 10.1. The largest absolute Gasteiger partial charge is 0.318 e. The monoisotopic (exact) mass is 258 g/mol. The SMILES string of the molecule is Cn1ccc(NC(=S)N2CCc3ccccc32)n1. The molecule has 92 valence electrons. The third kappa shape index (κ3) is 1.97. The van der Waals surface area contributed by atoms with Crippen LogP contribution in [0.5, 0.6) is 0 Å². The smallest absolute Gasteiger partial charge is 0.179 e. The first kappa shape index (κ1) is 11.2. The van der Waals surface area contributed by atoms with E-state index in [0.717, 1.165) is 18.8 Å². The van der Waals surface area contributed by atoms with Gasteiger partial charge in [0, 0.05) is 31.5 Å². The Morgan fingerprint density at radius 1 is 1.33 bits per heavy atom. The van der Waals surface area contributed by atoms with E-state index in [4.69, 9.17) is 12.2 Å². The molecule has 0 radical (unpaired) electrons. The molecule has 1 aliphatic rings. The van der Waals surface area contributed by atoms with E-state index in [1.54, 1.807) is 4.68 Å². The fourth-order valence-electron chi connectivity index (χ4n) is 2.21. The lowest BCUT2D eigenvalue weighted by atomic mass is 10.2. The van der Waals surface area contributed by atoms with Crippen LogP contribution < -0.4 is 10.2 Å². The van der Waals surface area contributed by atoms with Gasteiger partial charge < -0.3 is 10.2 Å². The van der Waals surface area contributed by atoms with Gasteiger partial charge in [-0.25, -0.2) is 0 Å². The van der Waals surface area contributed by atoms with Crippen molar-refractivity contribution in [2.75, 3.05) is 16.8 Å². The lowest BCUT2D eigenvalue weighted by molar-refractivity contribution is 0.771. The molecule has 0 aliphatic carbocycles. The molecule has 1 aliphatic heterocycles. The number of hydrogen-bond donors (Lipinski definition) is 1. The molecule has 4 nitrogen and oxygen atoms in total. The molecule has 5 heteroatoms. The van der Waals surface area contributed by atoms with Crippen molar-refractivity contribution in [2.24, 2.45) is 7.05 Å². The number of aryl methyl sites for hydroxylation is 1. The first-order valence-electron chi connectivity index (χ1n) is 5.90. The minimum absolute atomic E-state index is 0.707. The number of nitrogens with zero attached hydrogens (tertiary/aromatic N) is 3. The summed E-state index contributed by atoms with van der Waals surface area (Å²) in [6, 6.07) is 10.3. The average Bonchev–Trinajstić information content (AvgIpc) is 2.95. The number of rotatable bonds is 1. The van der Waals surface area contributed by atoms with Crippen LogP contribution in [0.15, 0.2) is 36.5 Å². The summed E-state index contributed by atoms with van der Waals surface area (Å²) in [5.41, 5.74) is 2.55. The number of thiocarbonyl (C=S) groups is 1. The number of anilines is 2. The average molecular weight is 258 g/mol. The van der Waals surface area contributed by atoms with Crippen molar-refractivity contribution in [3.63, 3.8) is 0 Å². The van der Waals surface area contributed by atoms with E-state index in [2.05, 4.69) is 33.5 Å². The van der Waals surface area contributed by atoms with Crippen LogP contribution in [0.4, 0.5) is 11.5 Å². The Labute approximate surface area is 111 Å². The Morgan fingerprint density at radius 3 is 2.94 bits per heavy atom. The van der Waals surface area contributed by atoms with E-state index in [9.17, 15) is 0 Å². The normalized spacial score (nSPS) is 13.5. The van der Waals surface area contributed by atoms with E-state index in [0.29, 0.717) is 5.11 Å². The molecule has 2 heterocycles. The highest BCUT2D eigenvalue weighted by molar-refractivity contribution is 7.80. The maximum atomic E-state index is 5.45. The van der Waals surface area contributed by atoms with E-state index in [1.165, 1.54) is 11.3 Å². The number of nitrogens with one attached hydrogen (secondary N) is 1. The van der Waals surface area contributed by atoms with Crippen LogP contribution in [0, 0.1) is 0 Å². The third-order valence-electron chi connectivity index (χ3n) is 3.08. The first-order chi connectivity index (χ1) is 8.74. The summed E-state index contributed by atoms with van der Waals surface area (Å²) in [5.74, 6) is 0.784. The van der Waals surface area contributed by atoms with Crippen molar-refractivity contribution in [2.45, 2.75) is 6.42 Å². The van der Waals surface area contributed by atoms with Crippen molar-refractivity contribution in [3.05, 3.63) is 42.1 Å². The van der Waals surface area contributed by atoms with Crippen molar-refractivity contribution in [1.82, 2.24) is 9.78 Å². The maximum absolute atomic E-state index is 5.45. The van der Waals surface area contributed by atoms with Crippen LogP contribution in [-0.4, -0.2) is 21.4 Å². The Hall–Kier alpha value is -1.88.